The van der Waals surface area contributed by atoms with Gasteiger partial charge in [0.25, 0.3) is 0 Å². The highest BCUT2D eigenvalue weighted by Gasteiger charge is 2.30. The largest absolute Gasteiger partial charge is 0.393 e. The summed E-state index contributed by atoms with van der Waals surface area (Å²) in [6.45, 7) is 8.83. The van der Waals surface area contributed by atoms with Gasteiger partial charge in [0.2, 0.25) is 0 Å². The molecule has 94 valence electrons. The number of rotatable bonds is 3. The summed E-state index contributed by atoms with van der Waals surface area (Å²) < 4.78 is 0. The highest BCUT2D eigenvalue weighted by Crippen LogP contribution is 2.34. The number of aliphatic hydroxyl groups is 1. The third kappa shape index (κ3) is 3.86. The number of allylic oxidation sites excluding steroid dienone is 2. The van der Waals surface area contributed by atoms with Gasteiger partial charge in [0.1, 0.15) is 0 Å². The molecule has 0 spiro atoms. The topological polar surface area (TPSA) is 20.2 Å². The van der Waals surface area contributed by atoms with Crippen LogP contribution in [0.15, 0.2) is 12.2 Å². The van der Waals surface area contributed by atoms with Crippen molar-refractivity contribution in [2.24, 2.45) is 23.7 Å². The van der Waals surface area contributed by atoms with E-state index < -0.39 is 0 Å². The average molecular weight is 242 g/mol. The van der Waals surface area contributed by atoms with Gasteiger partial charge in [0, 0.05) is 0 Å². The molecule has 0 amide bonds. The lowest BCUT2D eigenvalue weighted by Crippen LogP contribution is -2.33. The highest BCUT2D eigenvalue weighted by atomic mass is 31.0. The van der Waals surface area contributed by atoms with Crippen LogP contribution in [0.5, 0.6) is 0 Å². The lowest BCUT2D eigenvalue weighted by atomic mass is 9.74. The van der Waals surface area contributed by atoms with Gasteiger partial charge >= 0.3 is 0 Å². The maximum absolute atomic E-state index is 9.90. The van der Waals surface area contributed by atoms with Crippen LogP contribution in [0.25, 0.3) is 0 Å². The van der Waals surface area contributed by atoms with Gasteiger partial charge < -0.3 is 5.11 Å². The summed E-state index contributed by atoms with van der Waals surface area (Å²) in [7, 11) is 2.86. The number of hydrogen-bond donors (Lipinski definition) is 1. The van der Waals surface area contributed by atoms with Gasteiger partial charge in [-0.3, -0.25) is 0 Å². The minimum Gasteiger partial charge on any atom is -0.393 e. The van der Waals surface area contributed by atoms with Crippen molar-refractivity contribution in [1.82, 2.24) is 0 Å². The Morgan fingerprint density at radius 2 is 1.69 bits per heavy atom. The van der Waals surface area contributed by atoms with Crippen molar-refractivity contribution in [3.05, 3.63) is 12.2 Å². The minimum atomic E-state index is -0.0947. The Hall–Kier alpha value is 0.130. The lowest BCUT2D eigenvalue weighted by Gasteiger charge is -2.35. The van der Waals surface area contributed by atoms with Gasteiger partial charge in [-0.1, -0.05) is 39.8 Å². The van der Waals surface area contributed by atoms with Crippen LogP contribution in [0.3, 0.4) is 0 Å². The van der Waals surface area contributed by atoms with Gasteiger partial charge in [0.05, 0.1) is 6.10 Å². The van der Waals surface area contributed by atoms with Crippen LogP contribution >= 0.6 is 9.24 Å². The van der Waals surface area contributed by atoms with Crippen LogP contribution < -0.4 is 0 Å². The minimum absolute atomic E-state index is 0.0947. The van der Waals surface area contributed by atoms with Gasteiger partial charge in [0.15, 0.2) is 0 Å². The monoisotopic (exact) mass is 242 g/mol. The van der Waals surface area contributed by atoms with Crippen LogP contribution in [0.1, 0.15) is 40.5 Å². The fourth-order valence-electron chi connectivity index (χ4n) is 2.56. The molecule has 0 radical (unpaired) electrons. The maximum atomic E-state index is 9.90. The summed E-state index contributed by atoms with van der Waals surface area (Å²) in [5.74, 6) is 2.19. The van der Waals surface area contributed by atoms with E-state index >= 15 is 0 Å². The first-order valence-corrected chi connectivity index (χ1v) is 7.20. The van der Waals surface area contributed by atoms with E-state index in [1.54, 1.807) is 0 Å². The smallest absolute Gasteiger partial charge is 0.0591 e. The van der Waals surface area contributed by atoms with Crippen molar-refractivity contribution >= 4 is 9.24 Å². The number of hydrogen-bond acceptors (Lipinski definition) is 1. The predicted molar refractivity (Wildman–Crippen MR) is 74.5 cm³/mol. The van der Waals surface area contributed by atoms with Crippen molar-refractivity contribution in [3.8, 4) is 0 Å². The molecule has 1 aliphatic carbocycles. The van der Waals surface area contributed by atoms with E-state index in [-0.39, 0.29) is 6.10 Å². The Bertz CT molecular complexity index is 225. The molecular weight excluding hydrogens is 215 g/mol. The van der Waals surface area contributed by atoms with E-state index in [0.29, 0.717) is 29.3 Å². The Labute approximate surface area is 103 Å². The van der Waals surface area contributed by atoms with Gasteiger partial charge in [-0.2, -0.15) is 0 Å². The predicted octanol–water partition coefficient (Wildman–Crippen LogP) is 3.49. The van der Waals surface area contributed by atoms with E-state index in [0.717, 1.165) is 12.8 Å². The molecule has 16 heavy (non-hydrogen) atoms. The quantitative estimate of drug-likeness (QED) is 0.593. The summed E-state index contributed by atoms with van der Waals surface area (Å²) in [5.41, 5.74) is 0.639. The third-order valence-electron chi connectivity index (χ3n) is 4.03. The van der Waals surface area contributed by atoms with Crippen molar-refractivity contribution < 1.29 is 5.11 Å². The van der Waals surface area contributed by atoms with Crippen molar-refractivity contribution in [2.75, 3.05) is 0 Å². The van der Waals surface area contributed by atoms with E-state index in [2.05, 4.69) is 49.1 Å². The van der Waals surface area contributed by atoms with Gasteiger partial charge in [-0.05, 0) is 42.2 Å². The van der Waals surface area contributed by atoms with Crippen molar-refractivity contribution in [1.29, 1.82) is 0 Å². The molecule has 1 nitrogen and oxygen atoms in total. The molecule has 1 saturated carbocycles. The second-order valence-corrected chi connectivity index (χ2v) is 6.83. The molecule has 1 fully saturated rings. The third-order valence-corrected chi connectivity index (χ3v) is 4.64. The highest BCUT2D eigenvalue weighted by molar-refractivity contribution is 7.17. The summed E-state index contributed by atoms with van der Waals surface area (Å²) in [6, 6.07) is 0. The first-order chi connectivity index (χ1) is 7.41. The fraction of sp³-hybridized carbons (Fsp3) is 0.857. The van der Waals surface area contributed by atoms with Crippen LogP contribution in [-0.4, -0.2) is 16.9 Å². The molecule has 0 heterocycles. The van der Waals surface area contributed by atoms with Gasteiger partial charge in [-0.15, -0.1) is 9.24 Å². The molecule has 0 bridgehead atoms. The maximum Gasteiger partial charge on any atom is 0.0591 e. The van der Waals surface area contributed by atoms with E-state index in [1.807, 2.05) is 0 Å². The molecule has 1 rings (SSSR count). The second-order valence-electron chi connectivity index (χ2n) is 5.78. The first-order valence-electron chi connectivity index (χ1n) is 6.53. The molecule has 3 unspecified atom stereocenters. The fourth-order valence-corrected chi connectivity index (χ4v) is 2.68. The normalized spacial score (nSPS) is 39.9. The van der Waals surface area contributed by atoms with Crippen LogP contribution in [-0.2, 0) is 0 Å². The molecule has 0 aromatic carbocycles. The molecular formula is C14H27OP. The number of aliphatic hydroxyl groups excluding tert-OH is 1. The van der Waals surface area contributed by atoms with E-state index in [9.17, 15) is 5.11 Å². The van der Waals surface area contributed by atoms with E-state index in [1.165, 1.54) is 0 Å². The van der Waals surface area contributed by atoms with Crippen molar-refractivity contribution in [3.63, 3.8) is 0 Å². The Balaban J connectivity index is 2.50. The van der Waals surface area contributed by atoms with Crippen LogP contribution in [0.4, 0.5) is 0 Å². The summed E-state index contributed by atoms with van der Waals surface area (Å²) in [4.78, 5) is 0. The average Bonchev–Trinajstić information content (AvgIpc) is 2.22. The zero-order valence-electron chi connectivity index (χ0n) is 11.1. The Kier molecular flexibility index (Phi) is 5.47. The van der Waals surface area contributed by atoms with E-state index in [4.69, 9.17) is 0 Å². The molecule has 1 N–H and O–H groups in total. The molecule has 0 aliphatic heterocycles. The zero-order valence-corrected chi connectivity index (χ0v) is 12.2. The molecule has 0 saturated heterocycles. The van der Waals surface area contributed by atoms with Crippen LogP contribution in [0, 0.1) is 23.7 Å². The lowest BCUT2D eigenvalue weighted by molar-refractivity contribution is 0.0200. The Morgan fingerprint density at radius 1 is 1.19 bits per heavy atom. The molecule has 0 aromatic heterocycles. The standard InChI is InChI=1S/C14H27OP/c1-9(12(4)16)5-6-13-7-10(2)14(15)11(3)8-13/h5-6,9-15H,7-8,16H2,1-4H3/b6-5-/t9-,10-,11+,12-,13?,14?/m0/s1. The summed E-state index contributed by atoms with van der Waals surface area (Å²) in [6.07, 6.45) is 6.91. The molecule has 0 aromatic rings. The molecule has 1 aliphatic rings. The molecule has 7 atom stereocenters. The summed E-state index contributed by atoms with van der Waals surface area (Å²) in [5, 5.41) is 9.90. The van der Waals surface area contributed by atoms with Crippen LogP contribution in [0.2, 0.25) is 0 Å². The Morgan fingerprint density at radius 3 is 2.12 bits per heavy atom. The molecule has 2 heteroatoms. The summed E-state index contributed by atoms with van der Waals surface area (Å²) >= 11 is 0. The van der Waals surface area contributed by atoms with Crippen molar-refractivity contribution in [2.45, 2.75) is 52.3 Å². The van der Waals surface area contributed by atoms with Gasteiger partial charge in [-0.25, -0.2) is 0 Å². The SMILES string of the molecule is C[C@@H]1CC(/C=C\[C@H](C)[C@H](C)P)C[C@H](C)C1O. The zero-order chi connectivity index (χ0) is 12.3. The first kappa shape index (κ1) is 14.2. The second kappa shape index (κ2) is 6.17.